The molecule has 0 saturated carbocycles. The summed E-state index contributed by atoms with van der Waals surface area (Å²) in [5.41, 5.74) is 2.68. The molecule has 1 fully saturated rings. The van der Waals surface area contributed by atoms with Crippen LogP contribution < -0.4 is 0 Å². The number of imidazole rings is 1. The molecule has 23 heavy (non-hydrogen) atoms. The summed E-state index contributed by atoms with van der Waals surface area (Å²) >= 11 is 1.89. The van der Waals surface area contributed by atoms with Crippen molar-refractivity contribution in [2.24, 2.45) is 5.92 Å². The van der Waals surface area contributed by atoms with E-state index in [0.717, 1.165) is 24.8 Å². The number of likely N-dealkylation sites (tertiary alicyclic amines) is 1. The van der Waals surface area contributed by atoms with Crippen molar-refractivity contribution >= 4 is 11.3 Å². The van der Waals surface area contributed by atoms with Gasteiger partial charge in [-0.25, -0.2) is 4.98 Å². The smallest absolute Gasteiger partial charge is 0.134 e. The average molecular weight is 334 g/mol. The maximum Gasteiger partial charge on any atom is 0.134 e. The highest BCUT2D eigenvalue weighted by Crippen LogP contribution is 2.24. The van der Waals surface area contributed by atoms with E-state index in [-0.39, 0.29) is 0 Å². The highest BCUT2D eigenvalue weighted by Gasteiger charge is 2.21. The number of aromatic nitrogens is 2. The summed E-state index contributed by atoms with van der Waals surface area (Å²) < 4.78 is 7.61. The topological polar surface area (TPSA) is 30.3 Å². The van der Waals surface area contributed by atoms with Gasteiger partial charge in [0.1, 0.15) is 12.4 Å². The van der Waals surface area contributed by atoms with Gasteiger partial charge in [-0.15, -0.1) is 11.3 Å². The molecule has 126 valence electrons. The molecule has 0 unspecified atom stereocenters. The van der Waals surface area contributed by atoms with Crippen LogP contribution in [0.5, 0.6) is 0 Å². The van der Waals surface area contributed by atoms with E-state index < -0.39 is 0 Å². The van der Waals surface area contributed by atoms with E-state index in [9.17, 15) is 0 Å². The molecule has 1 aliphatic rings. The maximum atomic E-state index is 5.27. The molecule has 1 aliphatic heterocycles. The lowest BCUT2D eigenvalue weighted by atomic mass is 9.96. The average Bonchev–Trinajstić information content (AvgIpc) is 3.10. The van der Waals surface area contributed by atoms with Crippen LogP contribution >= 0.6 is 11.3 Å². The molecule has 5 heteroatoms. The molecule has 0 aliphatic carbocycles. The number of nitrogens with zero attached hydrogens (tertiary/aromatic N) is 3. The van der Waals surface area contributed by atoms with Gasteiger partial charge in [-0.05, 0) is 62.7 Å². The molecule has 0 amide bonds. The first-order valence-corrected chi connectivity index (χ1v) is 9.30. The Morgan fingerprint density at radius 2 is 2.09 bits per heavy atom. The molecule has 0 radical (unpaired) electrons. The van der Waals surface area contributed by atoms with Crippen LogP contribution in [0, 0.1) is 19.8 Å². The summed E-state index contributed by atoms with van der Waals surface area (Å²) in [7, 11) is 1.74. The Labute approximate surface area is 143 Å². The van der Waals surface area contributed by atoms with Gasteiger partial charge in [-0.2, -0.15) is 0 Å². The van der Waals surface area contributed by atoms with Crippen LogP contribution in [0.4, 0.5) is 0 Å². The summed E-state index contributed by atoms with van der Waals surface area (Å²) in [5.74, 6) is 1.81. The fourth-order valence-electron chi connectivity index (χ4n) is 3.36. The Hall–Kier alpha value is -1.17. The standard InChI is InChI=1S/C18H27N3OS/c1-14-6-9-23-17(14)12-20-7-4-16(5-8-20)11-21-15(2)10-19-18(21)13-22-3/h6,9-10,16H,4-5,7-8,11-13H2,1-3H3. The number of thiophene rings is 1. The fraction of sp³-hybridized carbons (Fsp3) is 0.611. The van der Waals surface area contributed by atoms with Crippen LogP contribution in [0.2, 0.25) is 0 Å². The van der Waals surface area contributed by atoms with E-state index in [2.05, 4.69) is 39.7 Å². The van der Waals surface area contributed by atoms with Crippen LogP contribution in [0.25, 0.3) is 0 Å². The number of aryl methyl sites for hydroxylation is 2. The molecule has 0 N–H and O–H groups in total. The van der Waals surface area contributed by atoms with E-state index in [1.165, 1.54) is 42.1 Å². The van der Waals surface area contributed by atoms with Crippen molar-refractivity contribution in [2.75, 3.05) is 20.2 Å². The Balaban J connectivity index is 1.53. The van der Waals surface area contributed by atoms with Gasteiger partial charge >= 0.3 is 0 Å². The first kappa shape index (κ1) is 16.7. The molecular weight excluding hydrogens is 306 g/mol. The molecule has 0 spiro atoms. The van der Waals surface area contributed by atoms with Crippen molar-refractivity contribution in [1.29, 1.82) is 0 Å². The highest BCUT2D eigenvalue weighted by atomic mass is 32.1. The molecule has 1 saturated heterocycles. The molecule has 3 heterocycles. The monoisotopic (exact) mass is 333 g/mol. The van der Waals surface area contributed by atoms with Gasteiger partial charge in [0.25, 0.3) is 0 Å². The van der Waals surface area contributed by atoms with Gasteiger partial charge in [0.2, 0.25) is 0 Å². The third kappa shape index (κ3) is 4.03. The maximum absolute atomic E-state index is 5.27. The normalized spacial score (nSPS) is 17.0. The minimum Gasteiger partial charge on any atom is -0.377 e. The fourth-order valence-corrected chi connectivity index (χ4v) is 4.31. The number of methoxy groups -OCH3 is 1. The third-order valence-corrected chi connectivity index (χ3v) is 5.90. The van der Waals surface area contributed by atoms with Gasteiger partial charge in [-0.1, -0.05) is 0 Å². The predicted molar refractivity (Wildman–Crippen MR) is 94.7 cm³/mol. The summed E-state index contributed by atoms with van der Waals surface area (Å²) in [6.45, 7) is 9.57. The molecule has 2 aromatic rings. The largest absolute Gasteiger partial charge is 0.377 e. The summed E-state index contributed by atoms with van der Waals surface area (Å²) in [4.78, 5) is 8.60. The summed E-state index contributed by atoms with van der Waals surface area (Å²) in [5, 5.41) is 2.20. The van der Waals surface area contributed by atoms with Crippen LogP contribution in [0.3, 0.4) is 0 Å². The predicted octanol–water partition coefficient (Wildman–Crippen LogP) is 3.62. The second-order valence-electron chi connectivity index (χ2n) is 6.61. The minimum atomic E-state index is 0.602. The van der Waals surface area contributed by atoms with E-state index in [1.54, 1.807) is 7.11 Å². The molecule has 3 rings (SSSR count). The first-order chi connectivity index (χ1) is 11.2. The van der Waals surface area contributed by atoms with Crippen molar-refractivity contribution in [3.63, 3.8) is 0 Å². The Kier molecular flexibility index (Phi) is 5.51. The van der Waals surface area contributed by atoms with Gasteiger partial charge in [0, 0.05) is 37.0 Å². The first-order valence-electron chi connectivity index (χ1n) is 8.42. The van der Waals surface area contributed by atoms with Crippen molar-refractivity contribution in [3.05, 3.63) is 39.6 Å². The van der Waals surface area contributed by atoms with Crippen molar-refractivity contribution in [3.8, 4) is 0 Å². The van der Waals surface area contributed by atoms with Crippen LogP contribution in [0.1, 0.15) is 34.8 Å². The van der Waals surface area contributed by atoms with Crippen LogP contribution in [0.15, 0.2) is 17.6 Å². The molecule has 0 bridgehead atoms. The molecule has 2 aromatic heterocycles. The Bertz CT molecular complexity index is 626. The van der Waals surface area contributed by atoms with Crippen LogP contribution in [-0.4, -0.2) is 34.7 Å². The van der Waals surface area contributed by atoms with E-state index in [4.69, 9.17) is 4.74 Å². The van der Waals surface area contributed by atoms with E-state index in [0.29, 0.717) is 6.61 Å². The van der Waals surface area contributed by atoms with Crippen molar-refractivity contribution in [1.82, 2.24) is 14.5 Å². The summed E-state index contributed by atoms with van der Waals surface area (Å²) in [6, 6.07) is 2.23. The van der Waals surface area contributed by atoms with Crippen LogP contribution in [-0.2, 0) is 24.4 Å². The zero-order valence-corrected chi connectivity index (χ0v) is 15.2. The highest BCUT2D eigenvalue weighted by molar-refractivity contribution is 7.10. The van der Waals surface area contributed by atoms with E-state index in [1.807, 2.05) is 17.5 Å². The van der Waals surface area contributed by atoms with Gasteiger partial charge in [-0.3, -0.25) is 4.90 Å². The quantitative estimate of drug-likeness (QED) is 0.809. The minimum absolute atomic E-state index is 0.602. The molecule has 0 aromatic carbocycles. The van der Waals surface area contributed by atoms with Gasteiger partial charge in [0.05, 0.1) is 0 Å². The number of ether oxygens (including phenoxy) is 1. The zero-order chi connectivity index (χ0) is 16.2. The second-order valence-corrected chi connectivity index (χ2v) is 7.61. The van der Waals surface area contributed by atoms with Crippen molar-refractivity contribution in [2.45, 2.75) is 46.4 Å². The van der Waals surface area contributed by atoms with Gasteiger partial charge in [0.15, 0.2) is 0 Å². The molecule has 4 nitrogen and oxygen atoms in total. The number of rotatable bonds is 6. The Morgan fingerprint density at radius 1 is 1.30 bits per heavy atom. The number of hydrogen-bond donors (Lipinski definition) is 0. The Morgan fingerprint density at radius 3 is 2.74 bits per heavy atom. The molecule has 0 atom stereocenters. The zero-order valence-electron chi connectivity index (χ0n) is 14.4. The number of hydrogen-bond acceptors (Lipinski definition) is 4. The second kappa shape index (κ2) is 7.60. The summed E-state index contributed by atoms with van der Waals surface area (Å²) in [6.07, 6.45) is 4.51. The van der Waals surface area contributed by atoms with E-state index >= 15 is 0 Å². The van der Waals surface area contributed by atoms with Gasteiger partial charge < -0.3 is 9.30 Å². The lowest BCUT2D eigenvalue weighted by molar-refractivity contribution is 0.156. The lowest BCUT2D eigenvalue weighted by Crippen LogP contribution is -2.34. The molecular formula is C18H27N3OS. The lowest BCUT2D eigenvalue weighted by Gasteiger charge is -2.32. The van der Waals surface area contributed by atoms with Crippen molar-refractivity contribution < 1.29 is 4.74 Å². The third-order valence-electron chi connectivity index (χ3n) is 4.89. The number of piperidine rings is 1. The SMILES string of the molecule is COCc1ncc(C)n1CC1CCN(Cc2sccc2C)CC1.